The van der Waals surface area contributed by atoms with Gasteiger partial charge >= 0.3 is 0 Å². The second-order valence-electron chi connectivity index (χ2n) is 7.21. The molecular weight excluding hydrogens is 367 g/mol. The van der Waals surface area contributed by atoms with E-state index in [9.17, 15) is 0 Å². The third kappa shape index (κ3) is 3.53. The number of rotatable bonds is 3. The molecule has 0 aliphatic carbocycles. The van der Waals surface area contributed by atoms with Gasteiger partial charge < -0.3 is 9.64 Å². The summed E-state index contributed by atoms with van der Waals surface area (Å²) in [6.45, 7) is 4.24. The largest absolute Gasteiger partial charge is 0.493 e. The standard InChI is InChI=1S/C21H24Cl2N2O/c1-26-21-19(23)3-2-4-20(21)25-12-11-24-13-16(7-10-18(24)14-25)15-5-8-17(22)9-6-15/h2-6,8-9,16,18H,7,10-14H2,1H3/t16-,18+/m0/s1. The van der Waals surface area contributed by atoms with Crippen molar-refractivity contribution in [3.05, 3.63) is 58.1 Å². The minimum absolute atomic E-state index is 0.594. The topological polar surface area (TPSA) is 15.7 Å². The summed E-state index contributed by atoms with van der Waals surface area (Å²) in [6.07, 6.45) is 2.44. The number of hydrogen-bond acceptors (Lipinski definition) is 3. The Morgan fingerprint density at radius 1 is 0.962 bits per heavy atom. The number of piperazine rings is 1. The SMILES string of the molecule is COc1c(Cl)cccc1N1CCN2C[C@@H](c3ccc(Cl)cc3)CC[C@@H]2C1. The number of piperidine rings is 1. The predicted octanol–water partition coefficient (Wildman–Crippen LogP) is 5.07. The second-order valence-corrected chi connectivity index (χ2v) is 8.06. The predicted molar refractivity (Wildman–Crippen MR) is 109 cm³/mol. The van der Waals surface area contributed by atoms with Crippen molar-refractivity contribution < 1.29 is 4.74 Å². The molecule has 0 amide bonds. The average Bonchev–Trinajstić information content (AvgIpc) is 2.67. The lowest BCUT2D eigenvalue weighted by Gasteiger charge is -2.47. The molecule has 0 unspecified atom stereocenters. The van der Waals surface area contributed by atoms with E-state index in [2.05, 4.69) is 28.0 Å². The van der Waals surface area contributed by atoms with E-state index in [1.807, 2.05) is 24.3 Å². The third-order valence-corrected chi connectivity index (χ3v) is 6.29. The zero-order valence-electron chi connectivity index (χ0n) is 15.0. The summed E-state index contributed by atoms with van der Waals surface area (Å²) in [4.78, 5) is 5.07. The van der Waals surface area contributed by atoms with E-state index in [1.165, 1.54) is 18.4 Å². The first-order valence-electron chi connectivity index (χ1n) is 9.22. The quantitative estimate of drug-likeness (QED) is 0.727. The van der Waals surface area contributed by atoms with E-state index in [0.717, 1.165) is 42.6 Å². The van der Waals surface area contributed by atoms with Crippen LogP contribution in [-0.2, 0) is 0 Å². The highest BCUT2D eigenvalue weighted by atomic mass is 35.5. The van der Waals surface area contributed by atoms with Gasteiger partial charge in [-0.05, 0) is 48.6 Å². The number of para-hydroxylation sites is 1. The van der Waals surface area contributed by atoms with E-state index in [-0.39, 0.29) is 0 Å². The summed E-state index contributed by atoms with van der Waals surface area (Å²) in [7, 11) is 1.69. The molecule has 26 heavy (non-hydrogen) atoms. The van der Waals surface area contributed by atoms with E-state index in [1.54, 1.807) is 7.11 Å². The number of ether oxygens (including phenoxy) is 1. The normalized spacial score (nSPS) is 23.6. The van der Waals surface area contributed by atoms with Crippen LogP contribution in [-0.4, -0.2) is 44.2 Å². The Balaban J connectivity index is 1.45. The summed E-state index contributed by atoms with van der Waals surface area (Å²) in [5.41, 5.74) is 2.52. The molecule has 2 aliphatic rings. The maximum absolute atomic E-state index is 6.31. The zero-order chi connectivity index (χ0) is 18.1. The third-order valence-electron chi connectivity index (χ3n) is 5.74. The Kier molecular flexibility index (Phi) is 5.30. The Hall–Kier alpha value is -1.42. The fourth-order valence-corrected chi connectivity index (χ4v) is 4.72. The van der Waals surface area contributed by atoms with E-state index >= 15 is 0 Å². The molecule has 2 heterocycles. The zero-order valence-corrected chi connectivity index (χ0v) is 16.5. The van der Waals surface area contributed by atoms with Gasteiger partial charge in [0.1, 0.15) is 0 Å². The van der Waals surface area contributed by atoms with Gasteiger partial charge in [0.05, 0.1) is 17.8 Å². The lowest BCUT2D eigenvalue weighted by atomic mass is 9.86. The van der Waals surface area contributed by atoms with Crippen LogP contribution in [0, 0.1) is 0 Å². The van der Waals surface area contributed by atoms with Gasteiger partial charge in [0, 0.05) is 37.2 Å². The van der Waals surface area contributed by atoms with Crippen molar-refractivity contribution in [1.29, 1.82) is 0 Å². The number of benzene rings is 2. The van der Waals surface area contributed by atoms with Gasteiger partial charge in [-0.3, -0.25) is 4.90 Å². The fraction of sp³-hybridized carbons (Fsp3) is 0.429. The maximum Gasteiger partial charge on any atom is 0.160 e. The molecule has 0 N–H and O–H groups in total. The second kappa shape index (κ2) is 7.67. The molecule has 138 valence electrons. The van der Waals surface area contributed by atoms with Crippen LogP contribution in [0.25, 0.3) is 0 Å². The molecular formula is C21H24Cl2N2O. The molecule has 3 nitrogen and oxygen atoms in total. The summed E-state index contributed by atoms with van der Waals surface area (Å²) in [5, 5.41) is 1.49. The van der Waals surface area contributed by atoms with E-state index < -0.39 is 0 Å². The molecule has 2 atom stereocenters. The summed E-state index contributed by atoms with van der Waals surface area (Å²) >= 11 is 12.3. The number of halogens is 2. The lowest BCUT2D eigenvalue weighted by Crippen LogP contribution is -2.56. The highest BCUT2D eigenvalue weighted by molar-refractivity contribution is 6.32. The van der Waals surface area contributed by atoms with E-state index in [4.69, 9.17) is 27.9 Å². The highest BCUT2D eigenvalue weighted by Gasteiger charge is 2.34. The molecule has 5 heteroatoms. The number of anilines is 1. The van der Waals surface area contributed by atoms with Gasteiger partial charge in [0.2, 0.25) is 0 Å². The van der Waals surface area contributed by atoms with Crippen molar-refractivity contribution in [2.45, 2.75) is 24.8 Å². The van der Waals surface area contributed by atoms with Crippen molar-refractivity contribution in [3.8, 4) is 5.75 Å². The van der Waals surface area contributed by atoms with E-state index in [0.29, 0.717) is 17.0 Å². The molecule has 4 rings (SSSR count). The van der Waals surface area contributed by atoms with Crippen LogP contribution >= 0.6 is 23.2 Å². The molecule has 2 aliphatic heterocycles. The Morgan fingerprint density at radius 3 is 2.54 bits per heavy atom. The minimum atomic E-state index is 0.594. The summed E-state index contributed by atoms with van der Waals surface area (Å²) < 4.78 is 5.55. The van der Waals surface area contributed by atoms with Gasteiger partial charge in [-0.15, -0.1) is 0 Å². The maximum atomic E-state index is 6.31. The molecule has 2 saturated heterocycles. The highest BCUT2D eigenvalue weighted by Crippen LogP contribution is 2.38. The van der Waals surface area contributed by atoms with Gasteiger partial charge in [0.15, 0.2) is 5.75 Å². The first-order valence-corrected chi connectivity index (χ1v) is 9.98. The monoisotopic (exact) mass is 390 g/mol. The van der Waals surface area contributed by atoms with Gasteiger partial charge in [-0.1, -0.05) is 41.4 Å². The smallest absolute Gasteiger partial charge is 0.160 e. The van der Waals surface area contributed by atoms with Crippen molar-refractivity contribution >= 4 is 28.9 Å². The molecule has 0 saturated carbocycles. The van der Waals surface area contributed by atoms with Crippen LogP contribution in [0.2, 0.25) is 10.0 Å². The van der Waals surface area contributed by atoms with Gasteiger partial charge in [-0.2, -0.15) is 0 Å². The lowest BCUT2D eigenvalue weighted by molar-refractivity contribution is 0.119. The van der Waals surface area contributed by atoms with Crippen LogP contribution in [0.5, 0.6) is 5.75 Å². The summed E-state index contributed by atoms with van der Waals surface area (Å²) in [5.74, 6) is 1.40. The Morgan fingerprint density at radius 2 is 1.77 bits per heavy atom. The first-order chi connectivity index (χ1) is 12.7. The van der Waals surface area contributed by atoms with Crippen molar-refractivity contribution in [1.82, 2.24) is 4.90 Å². The van der Waals surface area contributed by atoms with Crippen molar-refractivity contribution in [2.24, 2.45) is 0 Å². The van der Waals surface area contributed by atoms with Gasteiger partial charge in [-0.25, -0.2) is 0 Å². The molecule has 0 spiro atoms. The van der Waals surface area contributed by atoms with Crippen LogP contribution in [0.3, 0.4) is 0 Å². The Bertz CT molecular complexity index is 765. The van der Waals surface area contributed by atoms with Crippen LogP contribution < -0.4 is 9.64 Å². The van der Waals surface area contributed by atoms with Crippen molar-refractivity contribution in [2.75, 3.05) is 38.2 Å². The fourth-order valence-electron chi connectivity index (χ4n) is 4.35. The van der Waals surface area contributed by atoms with Crippen LogP contribution in [0.15, 0.2) is 42.5 Å². The first kappa shape index (κ1) is 18.0. The van der Waals surface area contributed by atoms with Gasteiger partial charge in [0.25, 0.3) is 0 Å². The Labute approximate surface area is 165 Å². The number of fused-ring (bicyclic) bond motifs is 1. The molecule has 2 aromatic carbocycles. The number of hydrogen-bond donors (Lipinski definition) is 0. The number of methoxy groups -OCH3 is 1. The molecule has 0 bridgehead atoms. The minimum Gasteiger partial charge on any atom is -0.493 e. The average molecular weight is 391 g/mol. The van der Waals surface area contributed by atoms with Crippen LogP contribution in [0.4, 0.5) is 5.69 Å². The number of nitrogens with zero attached hydrogens (tertiary/aromatic N) is 2. The molecule has 2 aromatic rings. The molecule has 0 radical (unpaired) electrons. The van der Waals surface area contributed by atoms with Crippen molar-refractivity contribution in [3.63, 3.8) is 0 Å². The molecule has 0 aromatic heterocycles. The summed E-state index contributed by atoms with van der Waals surface area (Å²) in [6, 6.07) is 15.0. The van der Waals surface area contributed by atoms with Crippen LogP contribution in [0.1, 0.15) is 24.3 Å². The molecule has 2 fully saturated rings.